The molecular weight excluding hydrogens is 352 g/mol. The number of ether oxygens (including phenoxy) is 1. The van der Waals surface area contributed by atoms with Crippen molar-refractivity contribution in [1.29, 1.82) is 0 Å². The van der Waals surface area contributed by atoms with E-state index >= 15 is 0 Å². The second-order valence-corrected chi connectivity index (χ2v) is 7.32. The molecular formula is C22H26N4O2. The number of H-pyrrole nitrogens is 2. The minimum Gasteiger partial charge on any atom is -0.369 e. The van der Waals surface area contributed by atoms with Crippen LogP contribution in [0.5, 0.6) is 0 Å². The second-order valence-electron chi connectivity index (χ2n) is 7.32. The summed E-state index contributed by atoms with van der Waals surface area (Å²) in [5.74, 6) is 0.655. The molecule has 6 heteroatoms. The minimum atomic E-state index is -0.270. The number of hydrogen-bond donors (Lipinski definition) is 2. The number of piperidine rings is 1. The first-order chi connectivity index (χ1) is 13.7. The van der Waals surface area contributed by atoms with E-state index in [4.69, 9.17) is 4.74 Å². The van der Waals surface area contributed by atoms with Crippen LogP contribution in [0.25, 0.3) is 0 Å². The van der Waals surface area contributed by atoms with Crippen molar-refractivity contribution in [2.45, 2.75) is 44.6 Å². The van der Waals surface area contributed by atoms with Gasteiger partial charge in [-0.2, -0.15) is 5.10 Å². The van der Waals surface area contributed by atoms with Crippen LogP contribution in [0.2, 0.25) is 0 Å². The molecule has 2 N–H and O–H groups in total. The molecule has 0 saturated carbocycles. The Kier molecular flexibility index (Phi) is 5.69. The molecule has 2 heterocycles. The lowest BCUT2D eigenvalue weighted by Gasteiger charge is -2.42. The first kappa shape index (κ1) is 18.7. The zero-order chi connectivity index (χ0) is 19.3. The number of rotatable bonds is 6. The minimum absolute atomic E-state index is 0.0163. The maximum Gasteiger partial charge on any atom is 0.340 e. The molecule has 1 aromatic heterocycles. The normalized spacial score (nSPS) is 21.5. The molecule has 0 unspecified atom stereocenters. The summed E-state index contributed by atoms with van der Waals surface area (Å²) >= 11 is 0. The Morgan fingerprint density at radius 2 is 1.86 bits per heavy atom. The van der Waals surface area contributed by atoms with Gasteiger partial charge in [0.25, 0.3) is 0 Å². The van der Waals surface area contributed by atoms with Crippen molar-refractivity contribution in [2.24, 2.45) is 0 Å². The third-order valence-electron chi connectivity index (χ3n) is 5.37. The lowest BCUT2D eigenvalue weighted by molar-refractivity contribution is -0.0808. The predicted molar refractivity (Wildman–Crippen MR) is 108 cm³/mol. The first-order valence-electron chi connectivity index (χ1n) is 9.83. The summed E-state index contributed by atoms with van der Waals surface area (Å²) in [6.07, 6.45) is 2.13. The van der Waals surface area contributed by atoms with Crippen LogP contribution in [-0.4, -0.2) is 32.7 Å². The molecule has 0 radical (unpaired) electrons. The fraction of sp³-hybridized carbons (Fsp3) is 0.364. The van der Waals surface area contributed by atoms with E-state index in [9.17, 15) is 4.79 Å². The van der Waals surface area contributed by atoms with E-state index in [1.807, 2.05) is 24.3 Å². The molecule has 0 aliphatic carbocycles. The summed E-state index contributed by atoms with van der Waals surface area (Å²) in [6, 6.07) is 20.9. The Morgan fingerprint density at radius 3 is 2.54 bits per heavy atom. The molecule has 0 amide bonds. The molecule has 1 aliphatic rings. The standard InChI is InChI=1S/C22H26N4O2/c1-16(17-9-4-2-5-10-17)28-19-13-8-14-26(15-20-23-22(27)25-24-20)21(19)18-11-6-3-7-12-18/h2-7,9-12,16,19,21H,8,13-15H2,1H3,(H2,23,24,25,27)/t16-,19+,21+/m1/s1. The predicted octanol–water partition coefficient (Wildman–Crippen LogP) is 3.58. The molecule has 1 aliphatic heterocycles. The van der Waals surface area contributed by atoms with Crippen molar-refractivity contribution in [1.82, 2.24) is 20.1 Å². The fourth-order valence-corrected chi connectivity index (χ4v) is 4.06. The third-order valence-corrected chi connectivity index (χ3v) is 5.37. The Balaban J connectivity index is 1.59. The summed E-state index contributed by atoms with van der Waals surface area (Å²) < 4.78 is 6.58. The van der Waals surface area contributed by atoms with Crippen LogP contribution < -0.4 is 5.69 Å². The van der Waals surface area contributed by atoms with Crippen molar-refractivity contribution in [3.8, 4) is 0 Å². The van der Waals surface area contributed by atoms with Crippen molar-refractivity contribution in [2.75, 3.05) is 6.54 Å². The maximum absolute atomic E-state index is 11.4. The van der Waals surface area contributed by atoms with Gasteiger partial charge in [0.15, 0.2) is 0 Å². The summed E-state index contributed by atoms with van der Waals surface area (Å²) in [7, 11) is 0. The molecule has 6 nitrogen and oxygen atoms in total. The third kappa shape index (κ3) is 4.24. The molecule has 1 saturated heterocycles. The van der Waals surface area contributed by atoms with Gasteiger partial charge in [-0.3, -0.25) is 9.88 Å². The lowest BCUT2D eigenvalue weighted by atomic mass is 9.92. The number of likely N-dealkylation sites (tertiary alicyclic amines) is 1. The highest BCUT2D eigenvalue weighted by Gasteiger charge is 2.35. The summed E-state index contributed by atoms with van der Waals surface area (Å²) in [4.78, 5) is 16.6. The van der Waals surface area contributed by atoms with E-state index in [1.165, 1.54) is 11.1 Å². The largest absolute Gasteiger partial charge is 0.369 e. The number of nitrogens with zero attached hydrogens (tertiary/aromatic N) is 2. The van der Waals surface area contributed by atoms with Gasteiger partial charge in [-0.15, -0.1) is 0 Å². The van der Waals surface area contributed by atoms with Gasteiger partial charge in [0.2, 0.25) is 0 Å². The first-order valence-corrected chi connectivity index (χ1v) is 9.83. The van der Waals surface area contributed by atoms with Crippen LogP contribution >= 0.6 is 0 Å². The van der Waals surface area contributed by atoms with Crippen molar-refractivity contribution in [3.05, 3.63) is 88.1 Å². The topological polar surface area (TPSA) is 74.0 Å². The van der Waals surface area contributed by atoms with Crippen LogP contribution in [-0.2, 0) is 11.3 Å². The summed E-state index contributed by atoms with van der Waals surface area (Å²) in [5.41, 5.74) is 2.14. The smallest absolute Gasteiger partial charge is 0.340 e. The van der Waals surface area contributed by atoms with Gasteiger partial charge < -0.3 is 4.74 Å². The molecule has 1 fully saturated rings. The highest BCUT2D eigenvalue weighted by Crippen LogP contribution is 2.36. The van der Waals surface area contributed by atoms with E-state index in [2.05, 4.69) is 63.4 Å². The summed E-state index contributed by atoms with van der Waals surface area (Å²) in [6.45, 7) is 3.63. The maximum atomic E-state index is 11.4. The quantitative estimate of drug-likeness (QED) is 0.688. The molecule has 3 aromatic rings. The van der Waals surface area contributed by atoms with Crippen LogP contribution in [0, 0.1) is 0 Å². The molecule has 2 aromatic carbocycles. The zero-order valence-electron chi connectivity index (χ0n) is 16.0. The van der Waals surface area contributed by atoms with Gasteiger partial charge in [0.05, 0.1) is 24.8 Å². The monoisotopic (exact) mass is 378 g/mol. The van der Waals surface area contributed by atoms with Crippen molar-refractivity contribution >= 4 is 0 Å². The van der Waals surface area contributed by atoms with Gasteiger partial charge in [-0.05, 0) is 37.4 Å². The van der Waals surface area contributed by atoms with E-state index in [-0.39, 0.29) is 23.9 Å². The molecule has 3 atom stereocenters. The van der Waals surface area contributed by atoms with Crippen LogP contribution in [0.15, 0.2) is 65.5 Å². The average Bonchev–Trinajstić information content (AvgIpc) is 3.14. The highest BCUT2D eigenvalue weighted by atomic mass is 16.5. The van der Waals surface area contributed by atoms with E-state index in [0.29, 0.717) is 12.4 Å². The number of aromatic amines is 2. The van der Waals surface area contributed by atoms with Gasteiger partial charge in [0, 0.05) is 0 Å². The van der Waals surface area contributed by atoms with Gasteiger partial charge in [-0.1, -0.05) is 60.7 Å². The Labute approximate surface area is 164 Å². The Hall–Kier alpha value is -2.70. The molecule has 4 rings (SSSR count). The fourth-order valence-electron chi connectivity index (χ4n) is 4.06. The van der Waals surface area contributed by atoms with E-state index < -0.39 is 0 Å². The van der Waals surface area contributed by atoms with Crippen molar-refractivity contribution in [3.63, 3.8) is 0 Å². The second kappa shape index (κ2) is 8.54. The highest BCUT2D eigenvalue weighted by molar-refractivity contribution is 5.22. The van der Waals surface area contributed by atoms with Crippen LogP contribution in [0.1, 0.15) is 48.9 Å². The number of hydrogen-bond acceptors (Lipinski definition) is 4. The van der Waals surface area contributed by atoms with E-state index in [0.717, 1.165) is 19.4 Å². The Bertz CT molecular complexity index is 922. The van der Waals surface area contributed by atoms with Crippen LogP contribution in [0.4, 0.5) is 0 Å². The molecule has 0 bridgehead atoms. The van der Waals surface area contributed by atoms with Crippen molar-refractivity contribution < 1.29 is 4.74 Å². The van der Waals surface area contributed by atoms with Gasteiger partial charge in [-0.25, -0.2) is 9.89 Å². The number of nitrogens with one attached hydrogen (secondary N) is 2. The number of aromatic nitrogens is 3. The van der Waals surface area contributed by atoms with Gasteiger partial charge >= 0.3 is 5.69 Å². The number of benzene rings is 2. The molecule has 0 spiro atoms. The average molecular weight is 378 g/mol. The zero-order valence-corrected chi connectivity index (χ0v) is 16.0. The van der Waals surface area contributed by atoms with Crippen LogP contribution in [0.3, 0.4) is 0 Å². The van der Waals surface area contributed by atoms with Gasteiger partial charge in [0.1, 0.15) is 5.82 Å². The van der Waals surface area contributed by atoms with E-state index in [1.54, 1.807) is 0 Å². The molecule has 146 valence electrons. The summed E-state index contributed by atoms with van der Waals surface area (Å²) in [5, 5.41) is 6.55. The lowest BCUT2D eigenvalue weighted by Crippen LogP contribution is -2.43. The Morgan fingerprint density at radius 1 is 1.14 bits per heavy atom. The molecule has 28 heavy (non-hydrogen) atoms. The SMILES string of the molecule is C[C@@H](O[C@H]1CCCN(Cc2n[nH]c(=O)[nH]2)[C@H]1c1ccccc1)c1ccccc1.